The third kappa shape index (κ3) is 2.07. The maximum Gasteiger partial charge on any atom is 0.143 e. The zero-order valence-corrected chi connectivity index (χ0v) is 10.2. The summed E-state index contributed by atoms with van der Waals surface area (Å²) in [5.74, 6) is 0.763. The van der Waals surface area contributed by atoms with Crippen LogP contribution < -0.4 is 10.1 Å². The van der Waals surface area contributed by atoms with Gasteiger partial charge in [-0.3, -0.25) is 0 Å². The summed E-state index contributed by atoms with van der Waals surface area (Å²) in [6.07, 6.45) is 1.11. The number of hydrogen-bond donors (Lipinski definition) is 1. The fraction of sp³-hybridized carbons (Fsp3) is 0.455. The van der Waals surface area contributed by atoms with Crippen molar-refractivity contribution >= 4 is 23.2 Å². The van der Waals surface area contributed by atoms with Gasteiger partial charge in [0.25, 0.3) is 0 Å². The smallest absolute Gasteiger partial charge is 0.143 e. The molecule has 0 radical (unpaired) electrons. The van der Waals surface area contributed by atoms with Gasteiger partial charge >= 0.3 is 0 Å². The minimum atomic E-state index is 0.175. The molecule has 0 saturated heterocycles. The van der Waals surface area contributed by atoms with Crippen molar-refractivity contribution in [1.29, 1.82) is 0 Å². The van der Waals surface area contributed by atoms with Gasteiger partial charge in [0.15, 0.2) is 0 Å². The molecule has 0 aromatic heterocycles. The molecule has 2 unspecified atom stereocenters. The summed E-state index contributed by atoms with van der Waals surface area (Å²) >= 11 is 12.1. The number of rotatable bonds is 1. The fourth-order valence-electron chi connectivity index (χ4n) is 1.94. The van der Waals surface area contributed by atoms with Crippen molar-refractivity contribution in [2.45, 2.75) is 25.5 Å². The van der Waals surface area contributed by atoms with Gasteiger partial charge in [0.1, 0.15) is 5.75 Å². The van der Waals surface area contributed by atoms with Crippen molar-refractivity contribution in [2.24, 2.45) is 0 Å². The van der Waals surface area contributed by atoms with E-state index < -0.39 is 0 Å². The highest BCUT2D eigenvalue weighted by Crippen LogP contribution is 2.41. The van der Waals surface area contributed by atoms with Crippen LogP contribution in [0.25, 0.3) is 0 Å². The summed E-state index contributed by atoms with van der Waals surface area (Å²) in [6.45, 7) is 2.04. The third-order valence-corrected chi connectivity index (χ3v) is 3.15. The molecule has 1 heterocycles. The molecule has 2 atom stereocenters. The normalized spacial score (nSPS) is 24.5. The van der Waals surface area contributed by atoms with Crippen molar-refractivity contribution < 1.29 is 4.74 Å². The van der Waals surface area contributed by atoms with E-state index in [9.17, 15) is 0 Å². The van der Waals surface area contributed by atoms with E-state index in [4.69, 9.17) is 27.9 Å². The molecule has 0 saturated carbocycles. The van der Waals surface area contributed by atoms with E-state index in [0.29, 0.717) is 10.0 Å². The molecule has 1 aromatic rings. The van der Waals surface area contributed by atoms with Crippen molar-refractivity contribution in [3.8, 4) is 5.75 Å². The first-order chi connectivity index (χ1) is 7.11. The quantitative estimate of drug-likeness (QED) is 0.819. The molecular formula is C11H13Cl2NO. The van der Waals surface area contributed by atoms with E-state index in [1.54, 1.807) is 6.07 Å². The Labute approximate surface area is 99.5 Å². The lowest BCUT2D eigenvalue weighted by molar-refractivity contribution is 0.169. The van der Waals surface area contributed by atoms with Gasteiger partial charge in [-0.2, -0.15) is 0 Å². The first-order valence-corrected chi connectivity index (χ1v) is 5.70. The molecule has 1 aromatic carbocycles. The largest absolute Gasteiger partial charge is 0.489 e. The predicted octanol–water partition coefficient (Wildman–Crippen LogP) is 3.42. The zero-order chi connectivity index (χ0) is 11.0. The van der Waals surface area contributed by atoms with Crippen molar-refractivity contribution in [3.05, 3.63) is 27.7 Å². The average Bonchev–Trinajstić information content (AvgIpc) is 2.18. The predicted molar refractivity (Wildman–Crippen MR) is 63.0 cm³/mol. The Balaban J connectivity index is 2.51. The maximum absolute atomic E-state index is 6.10. The summed E-state index contributed by atoms with van der Waals surface area (Å²) in [6, 6.07) is 3.89. The summed E-state index contributed by atoms with van der Waals surface area (Å²) in [4.78, 5) is 0. The van der Waals surface area contributed by atoms with Crippen molar-refractivity contribution in [2.75, 3.05) is 7.05 Å². The second-order valence-corrected chi connectivity index (χ2v) is 4.66. The molecule has 1 N–H and O–H groups in total. The number of hydrogen-bond acceptors (Lipinski definition) is 2. The van der Waals surface area contributed by atoms with Crippen LogP contribution >= 0.6 is 23.2 Å². The maximum atomic E-state index is 6.10. The minimum absolute atomic E-state index is 0.175. The number of halogens is 2. The number of ether oxygens (including phenoxy) is 1. The van der Waals surface area contributed by atoms with Crippen LogP contribution in [-0.2, 0) is 0 Å². The topological polar surface area (TPSA) is 21.3 Å². The van der Waals surface area contributed by atoms with Crippen LogP contribution in [0.4, 0.5) is 0 Å². The van der Waals surface area contributed by atoms with E-state index in [0.717, 1.165) is 17.7 Å². The van der Waals surface area contributed by atoms with Crippen LogP contribution in [0.5, 0.6) is 5.75 Å². The van der Waals surface area contributed by atoms with Crippen molar-refractivity contribution in [3.63, 3.8) is 0 Å². The minimum Gasteiger partial charge on any atom is -0.489 e. The highest BCUT2D eigenvalue weighted by atomic mass is 35.5. The molecule has 1 aliphatic rings. The Kier molecular flexibility index (Phi) is 3.10. The molecule has 0 fully saturated rings. The summed E-state index contributed by atoms with van der Waals surface area (Å²) in [5.41, 5.74) is 1.05. The van der Waals surface area contributed by atoms with Crippen LogP contribution in [0.1, 0.15) is 24.9 Å². The molecule has 0 spiro atoms. The van der Waals surface area contributed by atoms with E-state index in [1.165, 1.54) is 0 Å². The van der Waals surface area contributed by atoms with Crippen LogP contribution in [-0.4, -0.2) is 13.2 Å². The number of fused-ring (bicyclic) bond motifs is 1. The Hall–Kier alpha value is -0.440. The van der Waals surface area contributed by atoms with Gasteiger partial charge in [-0.25, -0.2) is 0 Å². The van der Waals surface area contributed by atoms with Gasteiger partial charge in [0.05, 0.1) is 11.1 Å². The van der Waals surface area contributed by atoms with E-state index in [1.807, 2.05) is 20.0 Å². The molecule has 82 valence electrons. The van der Waals surface area contributed by atoms with E-state index >= 15 is 0 Å². The Morgan fingerprint density at radius 1 is 1.40 bits per heavy atom. The lowest BCUT2D eigenvalue weighted by Crippen LogP contribution is -2.29. The first kappa shape index (κ1) is 11.1. The van der Waals surface area contributed by atoms with Crippen LogP contribution in [0.2, 0.25) is 10.0 Å². The lowest BCUT2D eigenvalue weighted by Gasteiger charge is -2.31. The fourth-order valence-corrected chi connectivity index (χ4v) is 2.50. The summed E-state index contributed by atoms with van der Waals surface area (Å²) in [7, 11) is 1.93. The van der Waals surface area contributed by atoms with Crippen LogP contribution in [0.3, 0.4) is 0 Å². The van der Waals surface area contributed by atoms with Crippen LogP contribution in [0, 0.1) is 0 Å². The highest BCUT2D eigenvalue weighted by Gasteiger charge is 2.26. The molecular weight excluding hydrogens is 233 g/mol. The number of benzene rings is 1. The molecule has 15 heavy (non-hydrogen) atoms. The van der Waals surface area contributed by atoms with Gasteiger partial charge in [-0.1, -0.05) is 23.2 Å². The molecule has 2 nitrogen and oxygen atoms in total. The Bertz CT molecular complexity index is 381. The van der Waals surface area contributed by atoms with Gasteiger partial charge in [-0.05, 0) is 26.1 Å². The molecule has 1 aliphatic heterocycles. The SMILES string of the molecule is CNC1CC(C)Oc2c(Cl)cc(Cl)cc21. The Morgan fingerprint density at radius 3 is 2.80 bits per heavy atom. The molecule has 0 amide bonds. The third-order valence-electron chi connectivity index (χ3n) is 2.65. The van der Waals surface area contributed by atoms with Gasteiger partial charge < -0.3 is 10.1 Å². The second-order valence-electron chi connectivity index (χ2n) is 3.81. The van der Waals surface area contributed by atoms with E-state index in [2.05, 4.69) is 5.32 Å². The molecule has 2 rings (SSSR count). The van der Waals surface area contributed by atoms with Crippen molar-refractivity contribution in [1.82, 2.24) is 5.32 Å². The van der Waals surface area contributed by atoms with Gasteiger partial charge in [-0.15, -0.1) is 0 Å². The van der Waals surface area contributed by atoms with Gasteiger partial charge in [0.2, 0.25) is 0 Å². The molecule has 0 bridgehead atoms. The highest BCUT2D eigenvalue weighted by molar-refractivity contribution is 6.35. The monoisotopic (exact) mass is 245 g/mol. The van der Waals surface area contributed by atoms with E-state index in [-0.39, 0.29) is 12.1 Å². The second kappa shape index (κ2) is 4.20. The Morgan fingerprint density at radius 2 is 2.13 bits per heavy atom. The lowest BCUT2D eigenvalue weighted by atomic mass is 9.97. The standard InChI is InChI=1S/C11H13Cl2NO/c1-6-3-10(14-2)8-4-7(12)5-9(13)11(8)15-6/h4-6,10,14H,3H2,1-2H3. The zero-order valence-electron chi connectivity index (χ0n) is 8.68. The average molecular weight is 246 g/mol. The first-order valence-electron chi connectivity index (χ1n) is 4.94. The van der Waals surface area contributed by atoms with Crippen LogP contribution in [0.15, 0.2) is 12.1 Å². The van der Waals surface area contributed by atoms with Gasteiger partial charge in [0, 0.05) is 23.0 Å². The number of nitrogens with one attached hydrogen (secondary N) is 1. The summed E-state index contributed by atoms with van der Waals surface area (Å²) in [5, 5.41) is 4.49. The molecule has 4 heteroatoms. The molecule has 0 aliphatic carbocycles. The summed E-state index contributed by atoms with van der Waals surface area (Å²) < 4.78 is 5.72.